The Bertz CT molecular complexity index is 455. The highest BCUT2D eigenvalue weighted by atomic mass is 32.2. The normalized spacial score (nSPS) is 23.6. The third-order valence-electron chi connectivity index (χ3n) is 3.93. The quantitative estimate of drug-likeness (QED) is 0.849. The Morgan fingerprint density at radius 2 is 2.16 bits per heavy atom. The van der Waals surface area contributed by atoms with Crippen LogP contribution in [0.5, 0.6) is 0 Å². The minimum Gasteiger partial charge on any atom is -0.341 e. The van der Waals surface area contributed by atoms with E-state index < -0.39 is 0 Å². The number of thioether (sulfide) groups is 1. The van der Waals surface area contributed by atoms with Gasteiger partial charge in [0.05, 0.1) is 5.92 Å². The van der Waals surface area contributed by atoms with Crippen LogP contribution in [0.15, 0.2) is 24.3 Å². The number of nitrogens with zero attached hydrogens (tertiary/aromatic N) is 1. The summed E-state index contributed by atoms with van der Waals surface area (Å²) in [6.07, 6.45) is 1.12. The highest BCUT2D eigenvalue weighted by Crippen LogP contribution is 2.26. The number of carbonyl (C=O) groups is 1. The van der Waals surface area contributed by atoms with Crippen molar-refractivity contribution in [1.29, 1.82) is 0 Å². The van der Waals surface area contributed by atoms with Crippen LogP contribution < -0.4 is 5.32 Å². The van der Waals surface area contributed by atoms with Crippen LogP contribution in [0.25, 0.3) is 0 Å². The van der Waals surface area contributed by atoms with Gasteiger partial charge in [-0.15, -0.1) is 0 Å². The predicted octanol–water partition coefficient (Wildman–Crippen LogP) is 1.84. The molecule has 3 rings (SSSR count). The summed E-state index contributed by atoms with van der Waals surface area (Å²) >= 11 is 1.96. The maximum Gasteiger partial charge on any atom is 0.231 e. The van der Waals surface area contributed by atoms with Gasteiger partial charge in [-0.1, -0.05) is 24.3 Å². The van der Waals surface area contributed by atoms with Gasteiger partial charge < -0.3 is 10.2 Å². The Morgan fingerprint density at radius 3 is 3.11 bits per heavy atom. The zero-order valence-electron chi connectivity index (χ0n) is 11.1. The third kappa shape index (κ3) is 2.79. The summed E-state index contributed by atoms with van der Waals surface area (Å²) in [5.74, 6) is 2.58. The van der Waals surface area contributed by atoms with E-state index in [2.05, 4.69) is 28.4 Å². The van der Waals surface area contributed by atoms with Crippen molar-refractivity contribution in [2.24, 2.45) is 0 Å². The minimum atomic E-state index is 0.00745. The van der Waals surface area contributed by atoms with Gasteiger partial charge in [-0.25, -0.2) is 0 Å². The van der Waals surface area contributed by atoms with E-state index >= 15 is 0 Å². The van der Waals surface area contributed by atoms with Crippen LogP contribution in [0, 0.1) is 0 Å². The summed E-state index contributed by atoms with van der Waals surface area (Å²) in [6.45, 7) is 3.49. The number of benzene rings is 1. The molecule has 2 aliphatic heterocycles. The lowest BCUT2D eigenvalue weighted by atomic mass is 9.90. The number of amides is 1. The fourth-order valence-corrected chi connectivity index (χ4v) is 3.79. The highest BCUT2D eigenvalue weighted by Gasteiger charge is 2.29. The Balaban J connectivity index is 1.80. The van der Waals surface area contributed by atoms with Crippen molar-refractivity contribution in [2.75, 3.05) is 31.1 Å². The number of hydrogen-bond donors (Lipinski definition) is 1. The summed E-state index contributed by atoms with van der Waals surface area (Å²) in [6, 6.07) is 8.34. The molecule has 102 valence electrons. The number of fused-ring (bicyclic) bond motifs is 1. The first-order valence-electron chi connectivity index (χ1n) is 7.01. The van der Waals surface area contributed by atoms with Gasteiger partial charge >= 0.3 is 0 Å². The van der Waals surface area contributed by atoms with Gasteiger partial charge in [0, 0.05) is 31.9 Å². The molecule has 1 aromatic carbocycles. The molecule has 0 aliphatic carbocycles. The monoisotopic (exact) mass is 276 g/mol. The van der Waals surface area contributed by atoms with Crippen LogP contribution >= 0.6 is 11.8 Å². The lowest BCUT2D eigenvalue weighted by Gasteiger charge is -2.30. The molecule has 1 N–H and O–H groups in total. The van der Waals surface area contributed by atoms with Gasteiger partial charge in [0.1, 0.15) is 0 Å². The van der Waals surface area contributed by atoms with Crippen LogP contribution in [-0.4, -0.2) is 41.9 Å². The van der Waals surface area contributed by atoms with Gasteiger partial charge in [-0.05, 0) is 23.3 Å². The zero-order chi connectivity index (χ0) is 13.1. The van der Waals surface area contributed by atoms with Crippen LogP contribution in [0.2, 0.25) is 0 Å². The topological polar surface area (TPSA) is 32.3 Å². The Kier molecular flexibility index (Phi) is 4.09. The van der Waals surface area contributed by atoms with Crippen LogP contribution in [0.4, 0.5) is 0 Å². The number of nitrogens with one attached hydrogen (secondary N) is 1. The molecule has 0 bridgehead atoms. The molecular weight excluding hydrogens is 256 g/mol. The molecule has 1 amide bonds. The number of rotatable bonds is 1. The molecule has 1 fully saturated rings. The fraction of sp³-hybridized carbons (Fsp3) is 0.533. The molecule has 0 saturated carbocycles. The van der Waals surface area contributed by atoms with E-state index in [-0.39, 0.29) is 5.92 Å². The van der Waals surface area contributed by atoms with Crippen molar-refractivity contribution in [1.82, 2.24) is 10.2 Å². The largest absolute Gasteiger partial charge is 0.341 e. The third-order valence-corrected chi connectivity index (χ3v) is 4.98. The average molecular weight is 276 g/mol. The molecule has 0 aromatic heterocycles. The fourth-order valence-electron chi connectivity index (χ4n) is 2.90. The smallest absolute Gasteiger partial charge is 0.231 e. The Morgan fingerprint density at radius 1 is 1.26 bits per heavy atom. The Labute approximate surface area is 118 Å². The predicted molar refractivity (Wildman–Crippen MR) is 79.4 cm³/mol. The van der Waals surface area contributed by atoms with Crippen molar-refractivity contribution in [3.63, 3.8) is 0 Å². The summed E-state index contributed by atoms with van der Waals surface area (Å²) in [7, 11) is 0. The van der Waals surface area contributed by atoms with E-state index in [0.717, 1.165) is 38.4 Å². The van der Waals surface area contributed by atoms with Crippen LogP contribution in [-0.2, 0) is 11.3 Å². The molecule has 0 spiro atoms. The first kappa shape index (κ1) is 13.0. The first-order valence-corrected chi connectivity index (χ1v) is 8.17. The van der Waals surface area contributed by atoms with Crippen molar-refractivity contribution >= 4 is 17.7 Å². The van der Waals surface area contributed by atoms with Crippen molar-refractivity contribution < 1.29 is 4.79 Å². The summed E-state index contributed by atoms with van der Waals surface area (Å²) in [4.78, 5) is 14.8. The zero-order valence-corrected chi connectivity index (χ0v) is 11.9. The molecule has 1 atom stereocenters. The summed E-state index contributed by atoms with van der Waals surface area (Å²) in [5, 5.41) is 3.37. The Hall–Kier alpha value is -1.000. The maximum absolute atomic E-state index is 12.7. The molecule has 19 heavy (non-hydrogen) atoms. The summed E-state index contributed by atoms with van der Waals surface area (Å²) < 4.78 is 0. The number of hydrogen-bond acceptors (Lipinski definition) is 3. The van der Waals surface area contributed by atoms with Gasteiger partial charge in [0.2, 0.25) is 5.91 Å². The van der Waals surface area contributed by atoms with E-state index in [9.17, 15) is 4.79 Å². The minimum absolute atomic E-state index is 0.00745. The molecule has 0 radical (unpaired) electrons. The second-order valence-corrected chi connectivity index (χ2v) is 6.40. The molecule has 1 saturated heterocycles. The van der Waals surface area contributed by atoms with Crippen LogP contribution in [0.3, 0.4) is 0 Å². The second-order valence-electron chi connectivity index (χ2n) is 5.17. The van der Waals surface area contributed by atoms with E-state index in [0.29, 0.717) is 5.91 Å². The maximum atomic E-state index is 12.7. The molecule has 3 nitrogen and oxygen atoms in total. The number of carbonyl (C=O) groups excluding carboxylic acids is 1. The molecular formula is C15H20N2OS. The molecule has 1 aromatic rings. The highest BCUT2D eigenvalue weighted by molar-refractivity contribution is 7.99. The lowest BCUT2D eigenvalue weighted by Crippen LogP contribution is -2.42. The van der Waals surface area contributed by atoms with Gasteiger partial charge in [0.15, 0.2) is 0 Å². The van der Waals surface area contributed by atoms with Gasteiger partial charge in [-0.3, -0.25) is 4.79 Å². The van der Waals surface area contributed by atoms with Crippen molar-refractivity contribution in [3.05, 3.63) is 35.4 Å². The average Bonchev–Trinajstić information content (AvgIpc) is 2.75. The van der Waals surface area contributed by atoms with Crippen molar-refractivity contribution in [3.8, 4) is 0 Å². The lowest BCUT2D eigenvalue weighted by molar-refractivity contribution is -0.132. The molecule has 2 heterocycles. The second kappa shape index (κ2) is 5.97. The molecule has 1 unspecified atom stereocenters. The standard InChI is InChI=1S/C15H20N2OS/c18-15(17-6-3-8-19-9-7-17)14-11-16-10-12-4-1-2-5-13(12)14/h1-2,4-5,14,16H,3,6-11H2. The first-order chi connectivity index (χ1) is 9.36. The van der Waals surface area contributed by atoms with E-state index in [1.807, 2.05) is 17.8 Å². The van der Waals surface area contributed by atoms with Gasteiger partial charge in [0.25, 0.3) is 0 Å². The van der Waals surface area contributed by atoms with Crippen LogP contribution in [0.1, 0.15) is 23.5 Å². The van der Waals surface area contributed by atoms with E-state index in [1.54, 1.807) is 0 Å². The molecule has 2 aliphatic rings. The van der Waals surface area contributed by atoms with Gasteiger partial charge in [-0.2, -0.15) is 11.8 Å². The summed E-state index contributed by atoms with van der Waals surface area (Å²) in [5.41, 5.74) is 2.50. The van der Waals surface area contributed by atoms with E-state index in [1.165, 1.54) is 16.9 Å². The SMILES string of the molecule is O=C(C1CNCc2ccccc21)N1CCCSCC1. The van der Waals surface area contributed by atoms with Crippen molar-refractivity contribution in [2.45, 2.75) is 18.9 Å². The molecule has 4 heteroatoms. The van der Waals surface area contributed by atoms with E-state index in [4.69, 9.17) is 0 Å².